The van der Waals surface area contributed by atoms with Crippen LogP contribution in [0.25, 0.3) is 0 Å². The van der Waals surface area contributed by atoms with Crippen molar-refractivity contribution in [2.75, 3.05) is 6.54 Å². The topological polar surface area (TPSA) is 92.7 Å². The van der Waals surface area contributed by atoms with E-state index in [4.69, 9.17) is 9.84 Å². The highest BCUT2D eigenvalue weighted by molar-refractivity contribution is 5.80. The number of carboxylic acid groups (broad SMARTS) is 1. The maximum atomic E-state index is 12.5. The van der Waals surface area contributed by atoms with Crippen molar-refractivity contribution in [2.45, 2.75) is 155 Å². The van der Waals surface area contributed by atoms with Crippen LogP contribution < -0.4 is 5.32 Å². The number of ether oxygens (including phenoxy) is 1. The van der Waals surface area contributed by atoms with Gasteiger partial charge in [0, 0.05) is 12.8 Å². The molecule has 1 atom stereocenters. The van der Waals surface area contributed by atoms with E-state index >= 15 is 0 Å². The van der Waals surface area contributed by atoms with Crippen LogP contribution in [0.4, 0.5) is 0 Å². The largest absolute Gasteiger partial charge is 0.480 e. The second-order valence-electron chi connectivity index (χ2n) is 11.0. The third-order valence-corrected chi connectivity index (χ3v) is 6.97. The highest BCUT2D eigenvalue weighted by Crippen LogP contribution is 2.14. The number of carbonyl (C=O) groups excluding carboxylic acids is 2. The van der Waals surface area contributed by atoms with Gasteiger partial charge >= 0.3 is 11.9 Å². The molecule has 1 amide bonds. The number of esters is 1. The van der Waals surface area contributed by atoms with Crippen LogP contribution in [0, 0.1) is 0 Å². The molecule has 6 nitrogen and oxygen atoms in total. The summed E-state index contributed by atoms with van der Waals surface area (Å²) in [5.74, 6) is -1.36. The van der Waals surface area contributed by atoms with E-state index < -0.39 is 5.97 Å². The van der Waals surface area contributed by atoms with Crippen molar-refractivity contribution in [1.82, 2.24) is 5.32 Å². The summed E-state index contributed by atoms with van der Waals surface area (Å²) in [7, 11) is 0. The number of hydrogen-bond donors (Lipinski definition) is 2. The first-order valence-corrected chi connectivity index (χ1v) is 16.8. The zero-order valence-corrected chi connectivity index (χ0v) is 26.8. The Bertz CT molecular complexity index is 784. The highest BCUT2D eigenvalue weighted by Gasteiger charge is 2.12. The lowest BCUT2D eigenvalue weighted by molar-refractivity contribution is -0.147. The van der Waals surface area contributed by atoms with Gasteiger partial charge in [0.25, 0.3) is 0 Å². The second-order valence-corrected chi connectivity index (χ2v) is 11.0. The normalized spacial score (nSPS) is 12.6. The van der Waals surface area contributed by atoms with E-state index in [1.807, 2.05) is 0 Å². The molecule has 0 radical (unpaired) electrons. The molecule has 0 aromatic rings. The standard InChI is InChI=1S/C36H61NO5/c1-3-5-7-9-11-12-13-14-15-16-17-18-19-21-27-31-36(41)42-33(28-24-20-10-8-6-4-2)29-25-22-23-26-30-34(38)37-32-35(39)40/h5,7,11-12,14-15,24,28,33H,3-4,6,8-10,13,16-23,25-27,29-32H2,1-2H3,(H,37,38)(H,39,40)/b7-5-,12-11-,15-14-,28-24-. The molecule has 1 unspecified atom stereocenters. The minimum atomic E-state index is -1.03. The molecule has 42 heavy (non-hydrogen) atoms. The Balaban J connectivity index is 4.13. The van der Waals surface area contributed by atoms with Crippen LogP contribution >= 0.6 is 0 Å². The Hall–Kier alpha value is -2.63. The number of carboxylic acids is 1. The minimum absolute atomic E-state index is 0.105. The first kappa shape index (κ1) is 39.4. The van der Waals surface area contributed by atoms with Crippen LogP contribution in [0.2, 0.25) is 0 Å². The van der Waals surface area contributed by atoms with Crippen molar-refractivity contribution in [2.24, 2.45) is 0 Å². The van der Waals surface area contributed by atoms with Gasteiger partial charge in [-0.15, -0.1) is 0 Å². The van der Waals surface area contributed by atoms with Crippen LogP contribution in [0.5, 0.6) is 0 Å². The molecule has 2 N–H and O–H groups in total. The fourth-order valence-electron chi connectivity index (χ4n) is 4.49. The molecule has 0 aliphatic carbocycles. The van der Waals surface area contributed by atoms with Crippen molar-refractivity contribution < 1.29 is 24.2 Å². The number of aliphatic carboxylic acids is 1. The molecule has 0 saturated heterocycles. The quantitative estimate of drug-likeness (QED) is 0.0516. The van der Waals surface area contributed by atoms with E-state index in [0.29, 0.717) is 12.8 Å². The Morgan fingerprint density at radius 1 is 0.667 bits per heavy atom. The van der Waals surface area contributed by atoms with Crippen molar-refractivity contribution in [3.8, 4) is 0 Å². The van der Waals surface area contributed by atoms with Crippen LogP contribution in [-0.2, 0) is 19.1 Å². The number of carbonyl (C=O) groups is 3. The van der Waals surface area contributed by atoms with Gasteiger partial charge in [-0.25, -0.2) is 0 Å². The Kier molecular flexibility index (Phi) is 29.3. The zero-order valence-electron chi connectivity index (χ0n) is 26.8. The number of rotatable bonds is 29. The molecule has 6 heteroatoms. The molecule has 0 aromatic heterocycles. The molecule has 0 saturated carbocycles. The Morgan fingerprint density at radius 3 is 1.93 bits per heavy atom. The highest BCUT2D eigenvalue weighted by atomic mass is 16.5. The summed E-state index contributed by atoms with van der Waals surface area (Å²) >= 11 is 0. The maximum Gasteiger partial charge on any atom is 0.322 e. The molecule has 0 aliphatic heterocycles. The van der Waals surface area contributed by atoms with Crippen LogP contribution in [-0.4, -0.2) is 35.6 Å². The summed E-state index contributed by atoms with van der Waals surface area (Å²) in [6.45, 7) is 4.03. The van der Waals surface area contributed by atoms with Gasteiger partial charge in [-0.1, -0.05) is 108 Å². The van der Waals surface area contributed by atoms with E-state index in [2.05, 4.69) is 67.8 Å². The Morgan fingerprint density at radius 2 is 1.24 bits per heavy atom. The van der Waals surface area contributed by atoms with E-state index in [0.717, 1.165) is 83.5 Å². The molecule has 0 fully saturated rings. The number of amides is 1. The van der Waals surface area contributed by atoms with Crippen LogP contribution in [0.1, 0.15) is 149 Å². The number of hydrogen-bond acceptors (Lipinski definition) is 4. The smallest absolute Gasteiger partial charge is 0.322 e. The van der Waals surface area contributed by atoms with E-state index in [1.54, 1.807) is 0 Å². The molecule has 0 bridgehead atoms. The molecule has 0 spiro atoms. The average Bonchev–Trinajstić information content (AvgIpc) is 2.97. The van der Waals surface area contributed by atoms with Gasteiger partial charge < -0.3 is 15.2 Å². The molecule has 0 heterocycles. The molecule has 0 rings (SSSR count). The number of nitrogens with one attached hydrogen (secondary N) is 1. The van der Waals surface area contributed by atoms with Gasteiger partial charge in [-0.05, 0) is 76.7 Å². The predicted octanol–water partition coefficient (Wildman–Crippen LogP) is 9.56. The summed E-state index contributed by atoms with van der Waals surface area (Å²) in [6.07, 6.45) is 38.1. The number of unbranched alkanes of at least 4 members (excludes halogenated alkanes) is 12. The third kappa shape index (κ3) is 30.3. The first-order valence-electron chi connectivity index (χ1n) is 16.8. The summed E-state index contributed by atoms with van der Waals surface area (Å²) in [5.41, 5.74) is 0. The summed E-state index contributed by atoms with van der Waals surface area (Å²) in [4.78, 5) is 34.7. The zero-order chi connectivity index (χ0) is 30.9. The van der Waals surface area contributed by atoms with Crippen molar-refractivity contribution in [1.29, 1.82) is 0 Å². The number of allylic oxidation sites excluding steroid dienone is 7. The fourth-order valence-corrected chi connectivity index (χ4v) is 4.49. The molecular weight excluding hydrogens is 526 g/mol. The predicted molar refractivity (Wildman–Crippen MR) is 175 cm³/mol. The van der Waals surface area contributed by atoms with Gasteiger partial charge in [-0.2, -0.15) is 0 Å². The van der Waals surface area contributed by atoms with Crippen LogP contribution in [0.15, 0.2) is 48.6 Å². The first-order chi connectivity index (χ1) is 20.5. The molecular formula is C36H61NO5. The van der Waals surface area contributed by atoms with Crippen molar-refractivity contribution in [3.63, 3.8) is 0 Å². The summed E-state index contributed by atoms with van der Waals surface area (Å²) in [6, 6.07) is 0. The van der Waals surface area contributed by atoms with E-state index in [1.165, 1.54) is 38.5 Å². The van der Waals surface area contributed by atoms with Gasteiger partial charge in [0.2, 0.25) is 5.91 Å². The molecule has 0 aromatic carbocycles. The summed E-state index contributed by atoms with van der Waals surface area (Å²) in [5, 5.41) is 11.0. The maximum absolute atomic E-state index is 12.5. The lowest BCUT2D eigenvalue weighted by Gasteiger charge is -2.15. The van der Waals surface area contributed by atoms with Gasteiger partial charge in [0.1, 0.15) is 12.6 Å². The molecule has 0 aliphatic rings. The van der Waals surface area contributed by atoms with E-state index in [9.17, 15) is 14.4 Å². The average molecular weight is 588 g/mol. The third-order valence-electron chi connectivity index (χ3n) is 6.97. The second kappa shape index (κ2) is 31.3. The van der Waals surface area contributed by atoms with Crippen molar-refractivity contribution in [3.05, 3.63) is 48.6 Å². The lowest BCUT2D eigenvalue weighted by Crippen LogP contribution is -2.28. The van der Waals surface area contributed by atoms with Gasteiger partial charge in [0.05, 0.1) is 0 Å². The minimum Gasteiger partial charge on any atom is -0.480 e. The summed E-state index contributed by atoms with van der Waals surface area (Å²) < 4.78 is 5.83. The Labute approximate surface area is 257 Å². The monoisotopic (exact) mass is 587 g/mol. The lowest BCUT2D eigenvalue weighted by atomic mass is 10.1. The van der Waals surface area contributed by atoms with Crippen molar-refractivity contribution >= 4 is 17.8 Å². The fraction of sp³-hybridized carbons (Fsp3) is 0.694. The van der Waals surface area contributed by atoms with Gasteiger partial charge in [0.15, 0.2) is 0 Å². The van der Waals surface area contributed by atoms with Crippen LogP contribution in [0.3, 0.4) is 0 Å². The van der Waals surface area contributed by atoms with Gasteiger partial charge in [-0.3, -0.25) is 14.4 Å². The van der Waals surface area contributed by atoms with E-state index in [-0.39, 0.29) is 24.5 Å². The SMILES string of the molecule is CC/C=C\C/C=C\C/C=C\CCCCCCCC(=O)OC(/C=C\CCCCCC)CCCCCCC(=O)NCC(=O)O. The molecule has 240 valence electrons.